The van der Waals surface area contributed by atoms with Gasteiger partial charge in [0.05, 0.1) is 6.04 Å². The van der Waals surface area contributed by atoms with Gasteiger partial charge in [-0.1, -0.05) is 23.4 Å². The Hall–Kier alpha value is -2.11. The highest BCUT2D eigenvalue weighted by Crippen LogP contribution is 2.28. The molecule has 0 spiro atoms. The second kappa shape index (κ2) is 9.17. The summed E-state index contributed by atoms with van der Waals surface area (Å²) in [4.78, 5) is 37.1. The largest absolute Gasteiger partial charge is 0.472 e. The van der Waals surface area contributed by atoms with Gasteiger partial charge in [0.25, 0.3) is 5.56 Å². The number of halogens is 2. The number of amides is 1. The molecule has 0 aromatic carbocycles. The second-order valence-corrected chi connectivity index (χ2v) is 9.28. The van der Waals surface area contributed by atoms with Gasteiger partial charge in [-0.25, -0.2) is 14.2 Å². The summed E-state index contributed by atoms with van der Waals surface area (Å²) in [5.41, 5.74) is -1.38. The fraction of sp³-hybridized carbons (Fsp3) is 0.579. The van der Waals surface area contributed by atoms with Crippen LogP contribution in [0.3, 0.4) is 0 Å². The van der Waals surface area contributed by atoms with Crippen molar-refractivity contribution in [3.8, 4) is 5.88 Å². The topological polar surface area (TPSA) is 109 Å². The number of hydrogen-bond acceptors (Lipinski definition) is 8. The Balaban J connectivity index is 1.85. The van der Waals surface area contributed by atoms with Crippen LogP contribution in [0.5, 0.6) is 5.88 Å². The van der Waals surface area contributed by atoms with Crippen molar-refractivity contribution in [1.82, 2.24) is 25.2 Å². The van der Waals surface area contributed by atoms with Crippen LogP contribution in [-0.4, -0.2) is 69.6 Å². The smallest absolute Gasteiger partial charge is 0.410 e. The fourth-order valence-electron chi connectivity index (χ4n) is 3.13. The average molecular weight is 474 g/mol. The first-order chi connectivity index (χ1) is 14.5. The molecule has 1 saturated heterocycles. The molecule has 1 fully saturated rings. The van der Waals surface area contributed by atoms with Gasteiger partial charge >= 0.3 is 6.09 Å². The minimum absolute atomic E-state index is 0.119. The second-order valence-electron chi connectivity index (χ2n) is 8.13. The first kappa shape index (κ1) is 23.6. The van der Waals surface area contributed by atoms with E-state index in [0.717, 1.165) is 11.8 Å². The molecule has 2 aromatic rings. The number of H-pyrrole nitrogens is 1. The minimum Gasteiger partial charge on any atom is -0.472 e. The lowest BCUT2D eigenvalue weighted by Crippen LogP contribution is -2.58. The molecular weight excluding hydrogens is 449 g/mol. The van der Waals surface area contributed by atoms with Crippen LogP contribution < -0.4 is 15.6 Å². The van der Waals surface area contributed by atoms with Gasteiger partial charge in [-0.2, -0.15) is 4.98 Å². The number of aromatic amines is 1. The van der Waals surface area contributed by atoms with Gasteiger partial charge in [0.15, 0.2) is 16.1 Å². The standard InChI is InChI=1S/C19H25ClFN5O4S/c1-9(10-8-26(7-6-22-10)18(28)30-19(2,3)4)29-16-11-13(12(21)14(20)24-16)23-17(31-5)25-15(11)27/h9-10,22H,6-8H2,1-5H3,(H,23,25,27)/t9-,10?/m0/s1. The third kappa shape index (κ3) is 5.39. The molecule has 12 heteroatoms. The number of ether oxygens (including phenoxy) is 2. The first-order valence-corrected chi connectivity index (χ1v) is 11.3. The lowest BCUT2D eigenvalue weighted by molar-refractivity contribution is 0.0141. The van der Waals surface area contributed by atoms with E-state index in [1.807, 2.05) is 0 Å². The van der Waals surface area contributed by atoms with E-state index in [2.05, 4.69) is 20.3 Å². The fourth-order valence-corrected chi connectivity index (χ4v) is 3.67. The number of hydrogen-bond donors (Lipinski definition) is 2. The van der Waals surface area contributed by atoms with Gasteiger partial charge in [0.1, 0.15) is 22.6 Å². The van der Waals surface area contributed by atoms with E-state index in [1.54, 1.807) is 38.9 Å². The summed E-state index contributed by atoms with van der Waals surface area (Å²) in [6, 6.07) is -0.278. The van der Waals surface area contributed by atoms with Crippen molar-refractivity contribution >= 4 is 40.4 Å². The zero-order chi connectivity index (χ0) is 22.9. The summed E-state index contributed by atoms with van der Waals surface area (Å²) >= 11 is 7.09. The third-order valence-electron chi connectivity index (χ3n) is 4.61. The normalized spacial score (nSPS) is 18.2. The maximum Gasteiger partial charge on any atom is 0.410 e. The summed E-state index contributed by atoms with van der Waals surface area (Å²) in [5.74, 6) is -1.00. The summed E-state index contributed by atoms with van der Waals surface area (Å²) < 4.78 is 25.9. The number of aromatic nitrogens is 3. The SMILES string of the molecule is CSc1nc2c(F)c(Cl)nc(O[C@@H](C)C3CN(C(=O)OC(C)(C)C)CCN3)c2c(=O)[nH]1. The Morgan fingerprint density at radius 3 is 2.74 bits per heavy atom. The van der Waals surface area contributed by atoms with Crippen LogP contribution in [0.15, 0.2) is 9.95 Å². The molecule has 1 unspecified atom stereocenters. The number of piperazine rings is 1. The predicted octanol–water partition coefficient (Wildman–Crippen LogP) is 2.81. The van der Waals surface area contributed by atoms with Crippen molar-refractivity contribution < 1.29 is 18.7 Å². The van der Waals surface area contributed by atoms with E-state index >= 15 is 0 Å². The Kier molecular flexibility index (Phi) is 6.97. The molecule has 1 aliphatic rings. The number of nitrogens with one attached hydrogen (secondary N) is 2. The zero-order valence-corrected chi connectivity index (χ0v) is 19.5. The van der Waals surface area contributed by atoms with Gasteiger partial charge in [0, 0.05) is 19.6 Å². The highest BCUT2D eigenvalue weighted by molar-refractivity contribution is 7.98. The predicted molar refractivity (Wildman–Crippen MR) is 117 cm³/mol. The number of thioether (sulfide) groups is 1. The van der Waals surface area contributed by atoms with E-state index in [1.165, 1.54) is 0 Å². The van der Waals surface area contributed by atoms with Crippen LogP contribution in [0.4, 0.5) is 9.18 Å². The average Bonchev–Trinajstić information content (AvgIpc) is 2.70. The van der Waals surface area contributed by atoms with Gasteiger partial charge in [-0.3, -0.25) is 4.79 Å². The van der Waals surface area contributed by atoms with Crippen molar-refractivity contribution in [2.45, 2.75) is 50.6 Å². The molecule has 3 heterocycles. The summed E-state index contributed by atoms with van der Waals surface area (Å²) in [5, 5.41) is 2.97. The number of pyridine rings is 1. The maximum atomic E-state index is 14.5. The highest BCUT2D eigenvalue weighted by Gasteiger charge is 2.31. The van der Waals surface area contributed by atoms with Crippen molar-refractivity contribution in [3.05, 3.63) is 21.3 Å². The Morgan fingerprint density at radius 1 is 1.39 bits per heavy atom. The third-order valence-corrected chi connectivity index (χ3v) is 5.45. The molecule has 31 heavy (non-hydrogen) atoms. The van der Waals surface area contributed by atoms with E-state index in [0.29, 0.717) is 19.6 Å². The minimum atomic E-state index is -0.884. The number of fused-ring (bicyclic) bond motifs is 1. The Labute approximate surface area is 188 Å². The number of nitrogens with zero attached hydrogens (tertiary/aromatic N) is 3. The number of carbonyl (C=O) groups excluding carboxylic acids is 1. The molecule has 2 atom stereocenters. The molecule has 0 saturated carbocycles. The molecule has 2 N–H and O–H groups in total. The van der Waals surface area contributed by atoms with Crippen LogP contribution in [0.2, 0.25) is 5.15 Å². The van der Waals surface area contributed by atoms with E-state index in [4.69, 9.17) is 21.1 Å². The molecule has 2 aromatic heterocycles. The molecular formula is C19H25ClFN5O4S. The van der Waals surface area contributed by atoms with Gasteiger partial charge in [-0.15, -0.1) is 0 Å². The zero-order valence-electron chi connectivity index (χ0n) is 17.9. The van der Waals surface area contributed by atoms with Crippen LogP contribution in [0, 0.1) is 5.82 Å². The van der Waals surface area contributed by atoms with E-state index in [-0.39, 0.29) is 28.0 Å². The van der Waals surface area contributed by atoms with Crippen LogP contribution >= 0.6 is 23.4 Å². The maximum absolute atomic E-state index is 14.5. The molecule has 170 valence electrons. The number of rotatable bonds is 4. The summed E-state index contributed by atoms with van der Waals surface area (Å²) in [6.45, 7) is 8.53. The number of carbonyl (C=O) groups is 1. The van der Waals surface area contributed by atoms with Crippen molar-refractivity contribution in [2.24, 2.45) is 0 Å². The molecule has 3 rings (SSSR count). The lowest BCUT2D eigenvalue weighted by Gasteiger charge is -2.37. The van der Waals surface area contributed by atoms with Gasteiger partial charge < -0.3 is 24.7 Å². The molecule has 0 aliphatic carbocycles. The highest BCUT2D eigenvalue weighted by atomic mass is 35.5. The van der Waals surface area contributed by atoms with E-state index < -0.39 is 34.3 Å². The van der Waals surface area contributed by atoms with E-state index in [9.17, 15) is 14.0 Å². The van der Waals surface area contributed by atoms with Crippen LogP contribution in [-0.2, 0) is 4.74 Å². The van der Waals surface area contributed by atoms with Gasteiger partial charge in [-0.05, 0) is 34.0 Å². The summed E-state index contributed by atoms with van der Waals surface area (Å²) in [6.07, 6.45) is 0.766. The Morgan fingerprint density at radius 2 is 2.10 bits per heavy atom. The summed E-state index contributed by atoms with van der Waals surface area (Å²) in [7, 11) is 0. The van der Waals surface area contributed by atoms with Crippen LogP contribution in [0.1, 0.15) is 27.7 Å². The molecule has 9 nitrogen and oxygen atoms in total. The van der Waals surface area contributed by atoms with Crippen LogP contribution in [0.25, 0.3) is 10.9 Å². The lowest BCUT2D eigenvalue weighted by atomic mass is 10.1. The molecule has 0 radical (unpaired) electrons. The monoisotopic (exact) mass is 473 g/mol. The first-order valence-electron chi connectivity index (χ1n) is 9.71. The van der Waals surface area contributed by atoms with Crippen molar-refractivity contribution in [3.63, 3.8) is 0 Å². The van der Waals surface area contributed by atoms with Gasteiger partial charge in [0.2, 0.25) is 5.88 Å². The molecule has 1 aliphatic heterocycles. The molecule has 0 bridgehead atoms. The van der Waals surface area contributed by atoms with Crippen molar-refractivity contribution in [1.29, 1.82) is 0 Å². The van der Waals surface area contributed by atoms with Crippen molar-refractivity contribution in [2.75, 3.05) is 25.9 Å². The Bertz CT molecular complexity index is 1040. The quantitative estimate of drug-likeness (QED) is 0.396. The molecule has 1 amide bonds.